The average molecular weight is 378 g/mol. The smallest absolute Gasteiger partial charge is 0.325 e. The number of hydrogen-bond acceptors (Lipinski definition) is 5. The van der Waals surface area contributed by atoms with Gasteiger partial charge in [-0.05, 0) is 29.8 Å². The topological polar surface area (TPSA) is 78.3 Å². The van der Waals surface area contributed by atoms with Crippen LogP contribution in [0.4, 0.5) is 0 Å². The Hall–Kier alpha value is -2.80. The second-order valence-corrected chi connectivity index (χ2v) is 7.78. The molecule has 2 atom stereocenters. The molecule has 0 aromatic heterocycles. The lowest BCUT2D eigenvalue weighted by molar-refractivity contribution is -0.911. The second kappa shape index (κ2) is 9.23. The fourth-order valence-corrected chi connectivity index (χ4v) is 4.24. The van der Waals surface area contributed by atoms with Crippen LogP contribution in [0, 0.1) is 22.7 Å². The predicted molar refractivity (Wildman–Crippen MR) is 103 cm³/mol. The van der Waals surface area contributed by atoms with Gasteiger partial charge < -0.3 is 9.64 Å². The Labute approximate surface area is 163 Å². The van der Waals surface area contributed by atoms with Crippen LogP contribution in [0.15, 0.2) is 48.5 Å². The van der Waals surface area contributed by atoms with Crippen LogP contribution < -0.4 is 4.90 Å². The van der Waals surface area contributed by atoms with Gasteiger partial charge in [0, 0.05) is 11.3 Å². The first-order valence-electron chi connectivity index (χ1n) is 8.78. The van der Waals surface area contributed by atoms with Crippen molar-refractivity contribution in [3.8, 4) is 12.1 Å². The number of esters is 1. The first-order chi connectivity index (χ1) is 13.2. The number of nitrogens with zero attached hydrogens (tertiary/aromatic N) is 2. The highest BCUT2D eigenvalue weighted by Gasteiger charge is 2.30. The van der Waals surface area contributed by atoms with Gasteiger partial charge in [0.25, 0.3) is 0 Å². The van der Waals surface area contributed by atoms with E-state index in [1.165, 1.54) is 10.5 Å². The molecular weight excluding hydrogens is 358 g/mol. The van der Waals surface area contributed by atoms with Crippen LogP contribution in [-0.4, -0.2) is 30.1 Å². The van der Waals surface area contributed by atoms with Gasteiger partial charge in [-0.1, -0.05) is 24.3 Å². The predicted octanol–water partition coefficient (Wildman–Crippen LogP) is 1.67. The highest BCUT2D eigenvalue weighted by Crippen LogP contribution is 2.15. The summed E-state index contributed by atoms with van der Waals surface area (Å²) in [6.07, 6.45) is 0. The number of nitrogens with one attached hydrogen (secondary N) is 1. The van der Waals surface area contributed by atoms with E-state index in [9.17, 15) is 4.79 Å². The molecule has 6 heteroatoms. The summed E-state index contributed by atoms with van der Waals surface area (Å²) >= 11 is 1.65. The summed E-state index contributed by atoms with van der Waals surface area (Å²) in [5.41, 5.74) is 3.30. The quantitative estimate of drug-likeness (QED) is 0.801. The van der Waals surface area contributed by atoms with E-state index in [1.807, 2.05) is 36.4 Å². The maximum atomic E-state index is 12.4. The van der Waals surface area contributed by atoms with Crippen molar-refractivity contribution >= 4 is 17.7 Å². The van der Waals surface area contributed by atoms with Gasteiger partial charge in [0.1, 0.15) is 19.7 Å². The van der Waals surface area contributed by atoms with Crippen LogP contribution >= 0.6 is 11.8 Å². The maximum absolute atomic E-state index is 12.4. The zero-order chi connectivity index (χ0) is 19.1. The van der Waals surface area contributed by atoms with Gasteiger partial charge in [-0.2, -0.15) is 10.5 Å². The van der Waals surface area contributed by atoms with Gasteiger partial charge in [-0.25, -0.2) is 0 Å². The lowest BCUT2D eigenvalue weighted by atomic mass is 10.1. The van der Waals surface area contributed by atoms with Gasteiger partial charge in [0.2, 0.25) is 0 Å². The molecule has 1 aliphatic heterocycles. The van der Waals surface area contributed by atoms with Crippen LogP contribution in [-0.2, 0) is 22.7 Å². The maximum Gasteiger partial charge on any atom is 0.325 e. The van der Waals surface area contributed by atoms with Crippen molar-refractivity contribution in [2.75, 3.05) is 18.8 Å². The molecule has 1 heterocycles. The van der Waals surface area contributed by atoms with Crippen molar-refractivity contribution in [1.82, 2.24) is 0 Å². The molecule has 1 saturated heterocycles. The van der Waals surface area contributed by atoms with Crippen molar-refractivity contribution in [2.24, 2.45) is 0 Å². The van der Waals surface area contributed by atoms with Crippen molar-refractivity contribution in [3.05, 3.63) is 70.8 Å². The molecule has 1 fully saturated rings. The minimum atomic E-state index is -0.179. The van der Waals surface area contributed by atoms with Crippen molar-refractivity contribution in [1.29, 1.82) is 10.5 Å². The van der Waals surface area contributed by atoms with E-state index in [0.29, 0.717) is 11.1 Å². The normalized spacial score (nSPS) is 18.9. The lowest BCUT2D eigenvalue weighted by Crippen LogP contribution is -3.13. The Morgan fingerprint density at radius 3 is 2.22 bits per heavy atom. The molecule has 0 bridgehead atoms. The minimum absolute atomic E-state index is 0.162. The van der Waals surface area contributed by atoms with Crippen molar-refractivity contribution < 1.29 is 14.4 Å². The third-order valence-electron chi connectivity index (χ3n) is 4.51. The summed E-state index contributed by atoms with van der Waals surface area (Å²) in [5.74, 6) is 0.740. The van der Waals surface area contributed by atoms with E-state index >= 15 is 0 Å². The summed E-state index contributed by atoms with van der Waals surface area (Å²) in [4.78, 5) is 13.8. The second-order valence-electron chi connectivity index (χ2n) is 6.47. The molecule has 5 nitrogen and oxygen atoms in total. The number of rotatable bonds is 5. The number of hydrogen-bond donors (Lipinski definition) is 1. The number of nitriles is 2. The molecule has 2 aromatic rings. The summed E-state index contributed by atoms with van der Waals surface area (Å²) in [6.45, 7) is 2.80. The van der Waals surface area contributed by atoms with Crippen LogP contribution in [0.2, 0.25) is 0 Å². The molecule has 0 amide bonds. The first kappa shape index (κ1) is 19.0. The molecule has 0 radical (unpaired) electrons. The third-order valence-corrected chi connectivity index (χ3v) is 5.71. The number of carbonyl (C=O) groups is 1. The fourth-order valence-electron chi connectivity index (χ4n) is 2.99. The summed E-state index contributed by atoms with van der Waals surface area (Å²) in [6, 6.07) is 18.9. The fraction of sp³-hybridized carbons (Fsp3) is 0.286. The van der Waals surface area contributed by atoms with Gasteiger partial charge >= 0.3 is 5.97 Å². The van der Waals surface area contributed by atoms with E-state index in [0.717, 1.165) is 31.0 Å². The van der Waals surface area contributed by atoms with Crippen LogP contribution in [0.25, 0.3) is 0 Å². The van der Waals surface area contributed by atoms with E-state index in [1.54, 1.807) is 23.9 Å². The Morgan fingerprint density at radius 2 is 1.63 bits per heavy atom. The summed E-state index contributed by atoms with van der Waals surface area (Å²) in [7, 11) is 0. The van der Waals surface area contributed by atoms with Gasteiger partial charge in [0.05, 0.1) is 29.8 Å². The van der Waals surface area contributed by atoms with Crippen LogP contribution in [0.1, 0.15) is 22.3 Å². The summed E-state index contributed by atoms with van der Waals surface area (Å²) in [5, 5.41) is 17.5. The van der Waals surface area contributed by atoms with Crippen molar-refractivity contribution in [2.45, 2.75) is 18.4 Å². The third kappa shape index (κ3) is 5.34. The van der Waals surface area contributed by atoms with Gasteiger partial charge in [0.15, 0.2) is 5.25 Å². The molecule has 0 spiro atoms. The molecule has 1 aliphatic rings. The number of benzene rings is 2. The largest absolute Gasteiger partial charge is 0.460 e. The Morgan fingerprint density at radius 1 is 1.04 bits per heavy atom. The average Bonchev–Trinajstić information content (AvgIpc) is 2.73. The van der Waals surface area contributed by atoms with E-state index in [4.69, 9.17) is 15.3 Å². The molecule has 0 aliphatic carbocycles. The molecule has 1 N–H and O–H groups in total. The summed E-state index contributed by atoms with van der Waals surface area (Å²) < 4.78 is 5.48. The zero-order valence-electron chi connectivity index (χ0n) is 14.9. The van der Waals surface area contributed by atoms with Gasteiger partial charge in [-0.3, -0.25) is 4.79 Å². The molecule has 3 rings (SSSR count). The zero-order valence-corrected chi connectivity index (χ0v) is 15.7. The molecule has 0 saturated carbocycles. The number of ether oxygens (including phenoxy) is 1. The molecule has 2 aromatic carbocycles. The molecule has 27 heavy (non-hydrogen) atoms. The molecule has 136 valence electrons. The number of carbonyl (C=O) groups excluding carboxylic acids is 1. The Bertz CT molecular complexity index is 866. The first-order valence-corrected chi connectivity index (χ1v) is 9.82. The number of quaternary nitrogens is 1. The van der Waals surface area contributed by atoms with Gasteiger partial charge in [-0.15, -0.1) is 11.8 Å². The Kier molecular flexibility index (Phi) is 6.49. The van der Waals surface area contributed by atoms with E-state index in [2.05, 4.69) is 12.1 Å². The molecular formula is C21H20N3O2S+. The monoisotopic (exact) mass is 378 g/mol. The standard InChI is InChI=1S/C21H19N3O2S/c22-11-16-1-5-18(6-2-16)13-24-9-10-27-20(14-24)21(25)26-15-19-7-3-17(12-23)4-8-19/h1-8,20H,9-10,13-15H2/p+1/t20-/m0/s1. The van der Waals surface area contributed by atoms with E-state index in [-0.39, 0.29) is 17.8 Å². The van der Waals surface area contributed by atoms with Crippen molar-refractivity contribution in [3.63, 3.8) is 0 Å². The highest BCUT2D eigenvalue weighted by atomic mass is 32.2. The molecule has 1 unspecified atom stereocenters. The number of thioether (sulfide) groups is 1. The Balaban J connectivity index is 1.51. The minimum Gasteiger partial charge on any atom is -0.460 e. The SMILES string of the molecule is N#Cc1ccc(COC(=O)[C@@H]2C[NH+](Cc3ccc(C#N)cc3)CCS2)cc1. The van der Waals surface area contributed by atoms with Crippen LogP contribution in [0.5, 0.6) is 0 Å². The highest BCUT2D eigenvalue weighted by molar-refractivity contribution is 8.00. The van der Waals surface area contributed by atoms with E-state index < -0.39 is 0 Å². The van der Waals surface area contributed by atoms with Crippen LogP contribution in [0.3, 0.4) is 0 Å². The lowest BCUT2D eigenvalue weighted by Gasteiger charge is -2.28.